The van der Waals surface area contributed by atoms with E-state index in [1.165, 1.54) is 5.56 Å². The molecule has 1 aromatic heterocycles. The van der Waals surface area contributed by atoms with Crippen LogP contribution in [0.1, 0.15) is 19.0 Å². The van der Waals surface area contributed by atoms with Crippen LogP contribution in [0.4, 0.5) is 0 Å². The van der Waals surface area contributed by atoms with Gasteiger partial charge in [0, 0.05) is 27.6 Å². The highest BCUT2D eigenvalue weighted by Gasteiger charge is 2.08. The quantitative estimate of drug-likeness (QED) is 0.838. The van der Waals surface area contributed by atoms with Gasteiger partial charge in [0.2, 0.25) is 5.91 Å². The van der Waals surface area contributed by atoms with Gasteiger partial charge in [-0.2, -0.15) is 5.10 Å². The van der Waals surface area contributed by atoms with E-state index in [0.29, 0.717) is 0 Å². The van der Waals surface area contributed by atoms with Crippen LogP contribution < -0.4 is 0 Å². The van der Waals surface area contributed by atoms with E-state index in [1.54, 1.807) is 11.8 Å². The first-order valence-electron chi connectivity index (χ1n) is 6.88. The number of carbonyl (C=O) groups excluding carboxylic acids is 1. The second-order valence-electron chi connectivity index (χ2n) is 5.05. The molecule has 0 aliphatic heterocycles. The summed E-state index contributed by atoms with van der Waals surface area (Å²) in [5.41, 5.74) is 3.37. The summed E-state index contributed by atoms with van der Waals surface area (Å²) >= 11 is 0. The van der Waals surface area contributed by atoms with E-state index in [9.17, 15) is 4.79 Å². The summed E-state index contributed by atoms with van der Waals surface area (Å²) < 4.78 is 1.92. The summed E-state index contributed by atoms with van der Waals surface area (Å²) in [6.45, 7) is 2.36. The maximum Gasteiger partial charge on any atom is 0.219 e. The van der Waals surface area contributed by atoms with Gasteiger partial charge in [-0.05, 0) is 24.5 Å². The normalized spacial score (nSPS) is 10.6. The first-order valence-corrected chi connectivity index (χ1v) is 6.88. The van der Waals surface area contributed by atoms with Crippen molar-refractivity contribution in [1.29, 1.82) is 0 Å². The van der Waals surface area contributed by atoms with Crippen LogP contribution >= 0.6 is 0 Å². The molecule has 0 aliphatic carbocycles. The molecule has 1 heterocycles. The van der Waals surface area contributed by atoms with Gasteiger partial charge in [0.15, 0.2) is 0 Å². The first kappa shape index (κ1) is 14.3. The molecule has 4 nitrogen and oxygen atoms in total. The Hall–Kier alpha value is -2.10. The van der Waals surface area contributed by atoms with E-state index >= 15 is 0 Å². The molecule has 0 spiro atoms. The lowest BCUT2D eigenvalue weighted by Gasteiger charge is -2.13. The van der Waals surface area contributed by atoms with Gasteiger partial charge in [0.25, 0.3) is 0 Å². The van der Waals surface area contributed by atoms with Crippen LogP contribution in [-0.4, -0.2) is 34.2 Å². The summed E-state index contributed by atoms with van der Waals surface area (Å²) in [4.78, 5) is 12.9. The molecule has 20 heavy (non-hydrogen) atoms. The molecule has 106 valence electrons. The third kappa shape index (κ3) is 3.47. The van der Waals surface area contributed by atoms with Crippen LogP contribution in [0.3, 0.4) is 0 Å². The summed E-state index contributed by atoms with van der Waals surface area (Å²) in [7, 11) is 3.80. The maximum atomic E-state index is 11.1. The number of benzene rings is 1. The number of hydrogen-bond acceptors (Lipinski definition) is 2. The van der Waals surface area contributed by atoms with Gasteiger partial charge in [-0.1, -0.05) is 30.3 Å². The zero-order valence-electron chi connectivity index (χ0n) is 12.3. The lowest BCUT2D eigenvalue weighted by Crippen LogP contribution is -2.25. The van der Waals surface area contributed by atoms with E-state index in [2.05, 4.69) is 23.3 Å². The lowest BCUT2D eigenvalue weighted by atomic mass is 10.1. The van der Waals surface area contributed by atoms with E-state index in [0.717, 1.165) is 30.8 Å². The Morgan fingerprint density at radius 1 is 1.30 bits per heavy atom. The molecule has 2 rings (SSSR count). The topological polar surface area (TPSA) is 38.1 Å². The van der Waals surface area contributed by atoms with E-state index < -0.39 is 0 Å². The molecule has 0 saturated carbocycles. The van der Waals surface area contributed by atoms with Gasteiger partial charge in [-0.25, -0.2) is 0 Å². The van der Waals surface area contributed by atoms with Crippen LogP contribution in [0.5, 0.6) is 0 Å². The number of amides is 1. The summed E-state index contributed by atoms with van der Waals surface area (Å²) in [6, 6.07) is 12.4. The number of aromatic nitrogens is 2. The van der Waals surface area contributed by atoms with Crippen molar-refractivity contribution in [2.75, 3.05) is 13.6 Å². The molecular weight excluding hydrogens is 250 g/mol. The van der Waals surface area contributed by atoms with Crippen molar-refractivity contribution in [1.82, 2.24) is 14.7 Å². The van der Waals surface area contributed by atoms with Crippen molar-refractivity contribution in [2.45, 2.75) is 19.8 Å². The molecule has 0 bridgehead atoms. The number of nitrogens with zero attached hydrogens (tertiary/aromatic N) is 3. The average Bonchev–Trinajstić information content (AvgIpc) is 2.80. The van der Waals surface area contributed by atoms with E-state index in [-0.39, 0.29) is 5.91 Å². The maximum absolute atomic E-state index is 11.1. The van der Waals surface area contributed by atoms with Gasteiger partial charge in [0.1, 0.15) is 0 Å². The van der Waals surface area contributed by atoms with E-state index in [4.69, 9.17) is 0 Å². The Morgan fingerprint density at radius 2 is 2.00 bits per heavy atom. The minimum Gasteiger partial charge on any atom is -0.346 e. The van der Waals surface area contributed by atoms with Gasteiger partial charge >= 0.3 is 0 Å². The van der Waals surface area contributed by atoms with Crippen LogP contribution in [0.2, 0.25) is 0 Å². The van der Waals surface area contributed by atoms with Crippen molar-refractivity contribution in [2.24, 2.45) is 7.05 Å². The van der Waals surface area contributed by atoms with Crippen molar-refractivity contribution in [3.05, 3.63) is 42.1 Å². The molecule has 0 unspecified atom stereocenters. The van der Waals surface area contributed by atoms with Crippen LogP contribution in [0.25, 0.3) is 11.3 Å². The highest BCUT2D eigenvalue weighted by Crippen LogP contribution is 2.19. The Morgan fingerprint density at radius 3 is 2.65 bits per heavy atom. The predicted octanol–water partition coefficient (Wildman–Crippen LogP) is 2.50. The molecule has 0 N–H and O–H groups in total. The molecular formula is C16H21N3O. The van der Waals surface area contributed by atoms with Crippen molar-refractivity contribution >= 4 is 5.91 Å². The summed E-state index contributed by atoms with van der Waals surface area (Å²) in [6.07, 6.45) is 1.82. The average molecular weight is 271 g/mol. The molecule has 2 aromatic rings. The van der Waals surface area contributed by atoms with Gasteiger partial charge in [0.05, 0.1) is 11.4 Å². The zero-order valence-corrected chi connectivity index (χ0v) is 12.3. The van der Waals surface area contributed by atoms with Crippen molar-refractivity contribution < 1.29 is 4.79 Å². The fourth-order valence-corrected chi connectivity index (χ4v) is 2.18. The standard InChI is InChI=1S/C16H21N3O/c1-13(20)18(2)11-7-10-15-12-16(19(3)17-15)14-8-5-4-6-9-14/h4-6,8-9,12H,7,10-11H2,1-3H3. The SMILES string of the molecule is CC(=O)N(C)CCCc1cc(-c2ccccc2)n(C)n1. The number of hydrogen-bond donors (Lipinski definition) is 0. The molecule has 0 saturated heterocycles. The van der Waals surface area contributed by atoms with Crippen LogP contribution in [-0.2, 0) is 18.3 Å². The highest BCUT2D eigenvalue weighted by atomic mass is 16.2. The zero-order chi connectivity index (χ0) is 14.5. The second kappa shape index (κ2) is 6.37. The van der Waals surface area contributed by atoms with Gasteiger partial charge < -0.3 is 4.90 Å². The van der Waals surface area contributed by atoms with Gasteiger partial charge in [-0.15, -0.1) is 0 Å². The number of rotatable bonds is 5. The molecule has 0 fully saturated rings. The largest absolute Gasteiger partial charge is 0.346 e. The Kier molecular flexibility index (Phi) is 4.56. The fourth-order valence-electron chi connectivity index (χ4n) is 2.18. The van der Waals surface area contributed by atoms with E-state index in [1.807, 2.05) is 37.0 Å². The highest BCUT2D eigenvalue weighted by molar-refractivity contribution is 5.72. The smallest absolute Gasteiger partial charge is 0.219 e. The Labute approximate surface area is 120 Å². The van der Waals surface area contributed by atoms with Crippen LogP contribution in [0.15, 0.2) is 36.4 Å². The van der Waals surface area contributed by atoms with Crippen molar-refractivity contribution in [3.63, 3.8) is 0 Å². The third-order valence-electron chi connectivity index (χ3n) is 3.46. The van der Waals surface area contributed by atoms with Gasteiger partial charge in [-0.3, -0.25) is 9.48 Å². The lowest BCUT2D eigenvalue weighted by molar-refractivity contribution is -0.127. The number of carbonyl (C=O) groups is 1. The summed E-state index contributed by atoms with van der Waals surface area (Å²) in [5.74, 6) is 0.107. The van der Waals surface area contributed by atoms with Crippen molar-refractivity contribution in [3.8, 4) is 11.3 Å². The predicted molar refractivity (Wildman–Crippen MR) is 80.3 cm³/mol. The molecule has 0 radical (unpaired) electrons. The molecule has 0 atom stereocenters. The molecule has 1 aromatic carbocycles. The molecule has 4 heteroatoms. The molecule has 0 aliphatic rings. The van der Waals surface area contributed by atoms with Crippen LogP contribution in [0, 0.1) is 0 Å². The minimum absolute atomic E-state index is 0.107. The fraction of sp³-hybridized carbons (Fsp3) is 0.375. The minimum atomic E-state index is 0.107. The third-order valence-corrected chi connectivity index (χ3v) is 3.46. The number of aryl methyl sites for hydroxylation is 2. The second-order valence-corrected chi connectivity index (χ2v) is 5.05. The Bertz CT molecular complexity index is 575. The Balaban J connectivity index is 2.00. The monoisotopic (exact) mass is 271 g/mol. The molecule has 1 amide bonds. The summed E-state index contributed by atoms with van der Waals surface area (Å²) in [5, 5.41) is 4.54. The first-order chi connectivity index (χ1) is 9.58.